The van der Waals surface area contributed by atoms with Gasteiger partial charge in [-0.1, -0.05) is 11.6 Å². The van der Waals surface area contributed by atoms with E-state index in [2.05, 4.69) is 10.2 Å². The van der Waals surface area contributed by atoms with E-state index in [0.717, 1.165) is 18.5 Å². The summed E-state index contributed by atoms with van der Waals surface area (Å²) < 4.78 is 5.67. The third-order valence-corrected chi connectivity index (χ3v) is 4.55. The van der Waals surface area contributed by atoms with E-state index < -0.39 is 0 Å². The van der Waals surface area contributed by atoms with Crippen LogP contribution in [0.5, 0.6) is 5.75 Å². The molecule has 1 aliphatic heterocycles. The summed E-state index contributed by atoms with van der Waals surface area (Å²) >= 11 is 5.94. The minimum absolute atomic E-state index is 0.00693. The molecule has 0 aliphatic carbocycles. The second kappa shape index (κ2) is 9.42. The van der Waals surface area contributed by atoms with Crippen molar-refractivity contribution in [2.24, 2.45) is 0 Å². The Kier molecular flexibility index (Phi) is 7.50. The number of amides is 2. The van der Waals surface area contributed by atoms with E-state index in [9.17, 15) is 9.59 Å². The van der Waals surface area contributed by atoms with Crippen LogP contribution in [0.2, 0.25) is 5.02 Å². The van der Waals surface area contributed by atoms with Gasteiger partial charge in [-0.3, -0.25) is 14.5 Å². The van der Waals surface area contributed by atoms with Crippen LogP contribution in [0.15, 0.2) is 18.2 Å². The summed E-state index contributed by atoms with van der Waals surface area (Å²) in [5.74, 6) is 0.650. The summed E-state index contributed by atoms with van der Waals surface area (Å²) in [4.78, 5) is 28.5. The van der Waals surface area contributed by atoms with Crippen molar-refractivity contribution in [1.82, 2.24) is 15.1 Å². The summed E-state index contributed by atoms with van der Waals surface area (Å²) in [6, 6.07) is 5.34. The molecule has 0 bridgehead atoms. The van der Waals surface area contributed by atoms with Gasteiger partial charge in [0.25, 0.3) is 5.91 Å². The first-order chi connectivity index (χ1) is 12.6. The Balaban J connectivity index is 1.81. The lowest BCUT2D eigenvalue weighted by atomic mass is 10.1. The molecule has 0 saturated carbocycles. The summed E-state index contributed by atoms with van der Waals surface area (Å²) in [6.07, 6.45) is 0.842. The van der Waals surface area contributed by atoms with Crippen molar-refractivity contribution >= 4 is 23.4 Å². The SMILES string of the molecule is Cc1cc(Cl)ccc1OCC(=O)N1CCCN(CC(=O)NC(C)(C)C)CC1. The Morgan fingerprint density at radius 1 is 1.19 bits per heavy atom. The molecule has 27 heavy (non-hydrogen) atoms. The highest BCUT2D eigenvalue weighted by molar-refractivity contribution is 6.30. The number of halogens is 1. The molecule has 1 saturated heterocycles. The Hall–Kier alpha value is -1.79. The first-order valence-corrected chi connectivity index (χ1v) is 9.72. The average molecular weight is 396 g/mol. The molecular weight excluding hydrogens is 366 g/mol. The van der Waals surface area contributed by atoms with Crippen molar-refractivity contribution in [3.63, 3.8) is 0 Å². The van der Waals surface area contributed by atoms with Gasteiger partial charge in [-0.25, -0.2) is 0 Å². The van der Waals surface area contributed by atoms with Crippen LogP contribution in [0.25, 0.3) is 0 Å². The summed E-state index contributed by atoms with van der Waals surface area (Å²) in [5.41, 5.74) is 0.671. The monoisotopic (exact) mass is 395 g/mol. The van der Waals surface area contributed by atoms with E-state index in [1.807, 2.05) is 38.7 Å². The van der Waals surface area contributed by atoms with Crippen molar-refractivity contribution in [3.05, 3.63) is 28.8 Å². The number of nitrogens with zero attached hydrogens (tertiary/aromatic N) is 2. The maximum Gasteiger partial charge on any atom is 0.260 e. The van der Waals surface area contributed by atoms with Crippen LogP contribution in [-0.4, -0.2) is 66.5 Å². The molecule has 2 amide bonds. The molecule has 0 unspecified atom stereocenters. The first kappa shape index (κ1) is 21.5. The summed E-state index contributed by atoms with van der Waals surface area (Å²) in [7, 11) is 0. The number of carbonyl (C=O) groups is 2. The molecule has 0 atom stereocenters. The first-order valence-electron chi connectivity index (χ1n) is 9.34. The van der Waals surface area contributed by atoms with E-state index >= 15 is 0 Å². The molecule has 0 radical (unpaired) electrons. The normalized spacial score (nSPS) is 16.0. The lowest BCUT2D eigenvalue weighted by Gasteiger charge is -2.25. The Morgan fingerprint density at radius 3 is 2.59 bits per heavy atom. The fraction of sp³-hybridized carbons (Fsp3) is 0.600. The molecule has 0 spiro atoms. The van der Waals surface area contributed by atoms with Gasteiger partial charge in [-0.15, -0.1) is 0 Å². The highest BCUT2D eigenvalue weighted by atomic mass is 35.5. The molecule has 7 heteroatoms. The molecule has 1 aromatic rings. The van der Waals surface area contributed by atoms with Gasteiger partial charge >= 0.3 is 0 Å². The Labute approximate surface area is 166 Å². The van der Waals surface area contributed by atoms with E-state index in [4.69, 9.17) is 16.3 Å². The van der Waals surface area contributed by atoms with Crippen LogP contribution in [0.1, 0.15) is 32.8 Å². The zero-order valence-electron chi connectivity index (χ0n) is 16.7. The third kappa shape index (κ3) is 7.39. The predicted molar refractivity (Wildman–Crippen MR) is 107 cm³/mol. The number of aryl methyl sites for hydroxylation is 1. The average Bonchev–Trinajstić information content (AvgIpc) is 2.77. The molecule has 1 aliphatic rings. The summed E-state index contributed by atoms with van der Waals surface area (Å²) in [5, 5.41) is 3.63. The predicted octanol–water partition coefficient (Wildman–Crippen LogP) is 2.48. The molecule has 1 N–H and O–H groups in total. The fourth-order valence-electron chi connectivity index (χ4n) is 3.04. The number of hydrogen-bond acceptors (Lipinski definition) is 4. The molecular formula is C20H30ClN3O3. The summed E-state index contributed by atoms with van der Waals surface area (Å²) in [6.45, 7) is 10.9. The van der Waals surface area contributed by atoms with Gasteiger partial charge < -0.3 is 15.0 Å². The lowest BCUT2D eigenvalue weighted by Crippen LogP contribution is -2.46. The van der Waals surface area contributed by atoms with Crippen LogP contribution in [0.4, 0.5) is 0 Å². The minimum atomic E-state index is -0.234. The molecule has 1 fully saturated rings. The number of carbonyl (C=O) groups excluding carboxylic acids is 2. The van der Waals surface area contributed by atoms with Crippen LogP contribution in [0.3, 0.4) is 0 Å². The van der Waals surface area contributed by atoms with Gasteiger partial charge in [0.1, 0.15) is 5.75 Å². The zero-order chi connectivity index (χ0) is 20.0. The van der Waals surface area contributed by atoms with Crippen molar-refractivity contribution in [3.8, 4) is 5.75 Å². The number of ether oxygens (including phenoxy) is 1. The van der Waals surface area contributed by atoms with Gasteiger partial charge in [0.2, 0.25) is 5.91 Å². The standard InChI is InChI=1S/C20H30ClN3O3/c1-15-12-16(21)6-7-17(15)27-14-19(26)24-9-5-8-23(10-11-24)13-18(25)22-20(2,3)4/h6-7,12H,5,8-11,13-14H2,1-4H3,(H,22,25). The number of rotatable bonds is 5. The Bertz CT molecular complexity index is 673. The van der Waals surface area contributed by atoms with Crippen molar-refractivity contribution < 1.29 is 14.3 Å². The fourth-order valence-corrected chi connectivity index (χ4v) is 3.27. The maximum absolute atomic E-state index is 12.5. The Morgan fingerprint density at radius 2 is 1.93 bits per heavy atom. The number of nitrogens with one attached hydrogen (secondary N) is 1. The quantitative estimate of drug-likeness (QED) is 0.832. The van der Waals surface area contributed by atoms with Crippen molar-refractivity contribution in [1.29, 1.82) is 0 Å². The topological polar surface area (TPSA) is 61.9 Å². The van der Waals surface area contributed by atoms with E-state index in [1.165, 1.54) is 0 Å². The molecule has 1 aromatic carbocycles. The molecule has 0 aromatic heterocycles. The molecule has 6 nitrogen and oxygen atoms in total. The highest BCUT2D eigenvalue weighted by Gasteiger charge is 2.22. The number of hydrogen-bond donors (Lipinski definition) is 1. The lowest BCUT2D eigenvalue weighted by molar-refractivity contribution is -0.133. The van der Waals surface area contributed by atoms with Crippen LogP contribution in [0, 0.1) is 6.92 Å². The van der Waals surface area contributed by atoms with Crippen molar-refractivity contribution in [2.45, 2.75) is 39.7 Å². The zero-order valence-corrected chi connectivity index (χ0v) is 17.4. The minimum Gasteiger partial charge on any atom is -0.483 e. The maximum atomic E-state index is 12.5. The molecule has 150 valence electrons. The van der Waals surface area contributed by atoms with E-state index in [1.54, 1.807) is 12.1 Å². The van der Waals surface area contributed by atoms with Gasteiger partial charge in [0.15, 0.2) is 6.61 Å². The third-order valence-electron chi connectivity index (χ3n) is 4.31. The van der Waals surface area contributed by atoms with Crippen LogP contribution >= 0.6 is 11.6 Å². The van der Waals surface area contributed by atoms with Gasteiger partial charge in [0, 0.05) is 36.7 Å². The smallest absolute Gasteiger partial charge is 0.260 e. The molecule has 1 heterocycles. The molecule has 2 rings (SSSR count). The van der Waals surface area contributed by atoms with Gasteiger partial charge in [-0.05, 0) is 57.9 Å². The van der Waals surface area contributed by atoms with Gasteiger partial charge in [-0.2, -0.15) is 0 Å². The van der Waals surface area contributed by atoms with Crippen LogP contribution < -0.4 is 10.1 Å². The van der Waals surface area contributed by atoms with Gasteiger partial charge in [0.05, 0.1) is 6.54 Å². The van der Waals surface area contributed by atoms with E-state index in [0.29, 0.717) is 37.0 Å². The van der Waals surface area contributed by atoms with Crippen molar-refractivity contribution in [2.75, 3.05) is 39.3 Å². The van der Waals surface area contributed by atoms with Crippen LogP contribution in [-0.2, 0) is 9.59 Å². The van der Waals surface area contributed by atoms with E-state index in [-0.39, 0.29) is 24.0 Å². The second-order valence-electron chi connectivity index (χ2n) is 8.01. The number of benzene rings is 1. The largest absolute Gasteiger partial charge is 0.483 e. The second-order valence-corrected chi connectivity index (χ2v) is 8.44. The highest BCUT2D eigenvalue weighted by Crippen LogP contribution is 2.21.